The van der Waals surface area contributed by atoms with Crippen LogP contribution in [-0.2, 0) is 0 Å². The van der Waals surface area contributed by atoms with Crippen LogP contribution in [0.1, 0.15) is 27.6 Å². The van der Waals surface area contributed by atoms with E-state index in [1.165, 1.54) is 16.9 Å². The van der Waals surface area contributed by atoms with E-state index in [-0.39, 0.29) is 18.0 Å². The SMILES string of the molecule is O=C(Nc1ccc(O[C@@H]2CCN(C(=O)c3cccs3)C2)cc1)N1CC(c2cccnc2)C1. The third kappa shape index (κ3) is 4.45. The van der Waals surface area contributed by atoms with Gasteiger partial charge in [0.05, 0.1) is 11.4 Å². The zero-order valence-corrected chi connectivity index (χ0v) is 18.3. The van der Waals surface area contributed by atoms with Crippen LogP contribution in [0.2, 0.25) is 0 Å². The molecule has 5 rings (SSSR count). The van der Waals surface area contributed by atoms with Crippen molar-refractivity contribution in [3.8, 4) is 5.75 Å². The average Bonchev–Trinajstić information content (AvgIpc) is 3.47. The summed E-state index contributed by atoms with van der Waals surface area (Å²) in [6.45, 7) is 2.68. The molecule has 0 aliphatic carbocycles. The normalized spacial score (nSPS) is 18.3. The number of carbonyl (C=O) groups is 2. The fraction of sp³-hybridized carbons (Fsp3) is 0.292. The molecule has 2 aliphatic rings. The van der Waals surface area contributed by atoms with Crippen molar-refractivity contribution in [2.45, 2.75) is 18.4 Å². The van der Waals surface area contributed by atoms with Crippen LogP contribution in [0.5, 0.6) is 5.75 Å². The number of aromatic nitrogens is 1. The van der Waals surface area contributed by atoms with Gasteiger partial charge in [0, 0.05) is 50.1 Å². The molecule has 7 nitrogen and oxygen atoms in total. The summed E-state index contributed by atoms with van der Waals surface area (Å²) < 4.78 is 6.06. The second kappa shape index (κ2) is 9.00. The quantitative estimate of drug-likeness (QED) is 0.639. The lowest BCUT2D eigenvalue weighted by molar-refractivity contribution is 0.0777. The number of anilines is 1. The van der Waals surface area contributed by atoms with Crippen LogP contribution < -0.4 is 10.1 Å². The number of ether oxygens (including phenoxy) is 1. The van der Waals surface area contributed by atoms with Gasteiger partial charge in [-0.1, -0.05) is 12.1 Å². The molecule has 0 unspecified atom stereocenters. The second-order valence-electron chi connectivity index (χ2n) is 8.10. The Labute approximate surface area is 190 Å². The largest absolute Gasteiger partial charge is 0.489 e. The van der Waals surface area contributed by atoms with Gasteiger partial charge in [-0.3, -0.25) is 9.78 Å². The van der Waals surface area contributed by atoms with Crippen molar-refractivity contribution in [1.82, 2.24) is 14.8 Å². The molecule has 3 amide bonds. The first-order valence-corrected chi connectivity index (χ1v) is 11.6. The Balaban J connectivity index is 1.09. The molecule has 1 aromatic carbocycles. The van der Waals surface area contributed by atoms with Crippen molar-refractivity contribution < 1.29 is 14.3 Å². The van der Waals surface area contributed by atoms with E-state index in [1.54, 1.807) is 11.1 Å². The summed E-state index contributed by atoms with van der Waals surface area (Å²) >= 11 is 1.46. The predicted molar refractivity (Wildman–Crippen MR) is 123 cm³/mol. The van der Waals surface area contributed by atoms with Crippen molar-refractivity contribution in [3.63, 3.8) is 0 Å². The van der Waals surface area contributed by atoms with E-state index in [2.05, 4.69) is 10.3 Å². The lowest BCUT2D eigenvalue weighted by atomic mass is 9.93. The first-order chi connectivity index (χ1) is 15.7. The van der Waals surface area contributed by atoms with Gasteiger partial charge < -0.3 is 19.9 Å². The molecule has 2 fully saturated rings. The van der Waals surface area contributed by atoms with Crippen molar-refractivity contribution in [3.05, 3.63) is 76.7 Å². The van der Waals surface area contributed by atoms with E-state index in [0.717, 1.165) is 22.7 Å². The molecule has 4 heterocycles. The summed E-state index contributed by atoms with van der Waals surface area (Å²) in [5.41, 5.74) is 1.90. The summed E-state index contributed by atoms with van der Waals surface area (Å²) in [5, 5.41) is 4.85. The first kappa shape index (κ1) is 20.5. The maximum Gasteiger partial charge on any atom is 0.321 e. The van der Waals surface area contributed by atoms with E-state index in [0.29, 0.717) is 32.1 Å². The van der Waals surface area contributed by atoms with Crippen LogP contribution in [0, 0.1) is 0 Å². The zero-order chi connectivity index (χ0) is 21.9. The van der Waals surface area contributed by atoms with Crippen LogP contribution in [0.25, 0.3) is 0 Å². The predicted octanol–water partition coefficient (Wildman–Crippen LogP) is 4.07. The Kier molecular flexibility index (Phi) is 5.77. The zero-order valence-electron chi connectivity index (χ0n) is 17.5. The Morgan fingerprint density at radius 2 is 1.88 bits per heavy atom. The number of carbonyl (C=O) groups excluding carboxylic acids is 2. The molecule has 2 aliphatic heterocycles. The number of likely N-dealkylation sites (tertiary alicyclic amines) is 2. The molecule has 8 heteroatoms. The number of hydrogen-bond acceptors (Lipinski definition) is 5. The smallest absolute Gasteiger partial charge is 0.321 e. The van der Waals surface area contributed by atoms with E-state index in [1.807, 2.05) is 65.0 Å². The topological polar surface area (TPSA) is 74.8 Å². The van der Waals surface area contributed by atoms with E-state index >= 15 is 0 Å². The summed E-state index contributed by atoms with van der Waals surface area (Å²) in [5.74, 6) is 1.16. The number of nitrogens with zero attached hydrogens (tertiary/aromatic N) is 3. The van der Waals surface area contributed by atoms with Gasteiger partial charge in [-0.15, -0.1) is 11.3 Å². The van der Waals surface area contributed by atoms with Gasteiger partial charge in [-0.05, 0) is 47.3 Å². The maximum absolute atomic E-state index is 12.5. The monoisotopic (exact) mass is 448 g/mol. The van der Waals surface area contributed by atoms with Gasteiger partial charge in [-0.2, -0.15) is 0 Å². The number of urea groups is 1. The van der Waals surface area contributed by atoms with Crippen molar-refractivity contribution in [2.24, 2.45) is 0 Å². The Hall–Kier alpha value is -3.39. The summed E-state index contributed by atoms with van der Waals surface area (Å²) in [4.78, 5) is 33.5. The molecule has 3 aromatic rings. The van der Waals surface area contributed by atoms with Crippen molar-refractivity contribution in [1.29, 1.82) is 0 Å². The third-order valence-corrected chi connectivity index (χ3v) is 6.75. The number of amides is 3. The average molecular weight is 449 g/mol. The fourth-order valence-electron chi connectivity index (χ4n) is 4.05. The maximum atomic E-state index is 12.5. The number of nitrogens with one attached hydrogen (secondary N) is 1. The van der Waals surface area contributed by atoms with Gasteiger partial charge >= 0.3 is 6.03 Å². The minimum Gasteiger partial charge on any atom is -0.489 e. The number of hydrogen-bond donors (Lipinski definition) is 1. The number of pyridine rings is 1. The van der Waals surface area contributed by atoms with Crippen LogP contribution in [0.15, 0.2) is 66.3 Å². The summed E-state index contributed by atoms with van der Waals surface area (Å²) in [7, 11) is 0. The molecule has 2 aromatic heterocycles. The van der Waals surface area contributed by atoms with Crippen molar-refractivity contribution in [2.75, 3.05) is 31.5 Å². The number of benzene rings is 1. The first-order valence-electron chi connectivity index (χ1n) is 10.7. The van der Waals surface area contributed by atoms with Crippen molar-refractivity contribution >= 4 is 29.0 Å². The highest BCUT2D eigenvalue weighted by atomic mass is 32.1. The Morgan fingerprint density at radius 3 is 2.59 bits per heavy atom. The summed E-state index contributed by atoms with van der Waals surface area (Å²) in [6.07, 6.45) is 4.40. The minimum atomic E-state index is -0.0997. The van der Waals surface area contributed by atoms with Crippen LogP contribution in [0.4, 0.5) is 10.5 Å². The molecule has 1 N–H and O–H groups in total. The van der Waals surface area contributed by atoms with Crippen LogP contribution >= 0.6 is 11.3 Å². The molecule has 2 saturated heterocycles. The molecule has 0 saturated carbocycles. The highest BCUT2D eigenvalue weighted by Gasteiger charge is 2.32. The molecule has 32 heavy (non-hydrogen) atoms. The fourth-order valence-corrected chi connectivity index (χ4v) is 4.74. The Bertz CT molecular complexity index is 1070. The molecule has 0 spiro atoms. The van der Waals surface area contributed by atoms with Gasteiger partial charge in [0.25, 0.3) is 5.91 Å². The van der Waals surface area contributed by atoms with E-state index in [9.17, 15) is 9.59 Å². The van der Waals surface area contributed by atoms with Gasteiger partial charge in [0.1, 0.15) is 11.9 Å². The van der Waals surface area contributed by atoms with Crippen LogP contribution in [0.3, 0.4) is 0 Å². The number of thiophene rings is 1. The van der Waals surface area contributed by atoms with Gasteiger partial charge in [0.15, 0.2) is 0 Å². The molecule has 164 valence electrons. The van der Waals surface area contributed by atoms with E-state index < -0.39 is 0 Å². The van der Waals surface area contributed by atoms with Gasteiger partial charge in [0.2, 0.25) is 0 Å². The molecule has 0 radical (unpaired) electrons. The second-order valence-corrected chi connectivity index (χ2v) is 9.05. The number of rotatable bonds is 5. The summed E-state index contributed by atoms with van der Waals surface area (Å²) in [6, 6.07) is 15.0. The lowest BCUT2D eigenvalue weighted by Gasteiger charge is -2.39. The molecular weight excluding hydrogens is 424 g/mol. The molecule has 1 atom stereocenters. The highest BCUT2D eigenvalue weighted by Crippen LogP contribution is 2.27. The van der Waals surface area contributed by atoms with Gasteiger partial charge in [-0.25, -0.2) is 4.79 Å². The minimum absolute atomic E-state index is 0.0233. The molecule has 0 bridgehead atoms. The third-order valence-electron chi connectivity index (χ3n) is 5.90. The van der Waals surface area contributed by atoms with Crippen LogP contribution in [-0.4, -0.2) is 59.0 Å². The lowest BCUT2D eigenvalue weighted by Crippen LogP contribution is -2.50. The van der Waals surface area contributed by atoms with E-state index in [4.69, 9.17) is 4.74 Å². The standard InChI is InChI=1S/C24H24N4O3S/c29-23(22-4-2-12-32-22)27-11-9-21(16-27)31-20-7-5-19(6-8-20)26-24(30)28-14-18(15-28)17-3-1-10-25-13-17/h1-8,10,12-13,18,21H,9,11,14-16H2,(H,26,30)/t21-/m1/s1. The Morgan fingerprint density at radius 1 is 1.03 bits per heavy atom. The molecular formula is C24H24N4O3S. The highest BCUT2D eigenvalue weighted by molar-refractivity contribution is 7.12.